The van der Waals surface area contributed by atoms with E-state index in [4.69, 9.17) is 0 Å². The van der Waals surface area contributed by atoms with Crippen molar-refractivity contribution >= 4 is 17.3 Å². The summed E-state index contributed by atoms with van der Waals surface area (Å²) in [5.74, 6) is 1.93. The van der Waals surface area contributed by atoms with Gasteiger partial charge in [-0.25, -0.2) is 0 Å². The minimum atomic E-state index is 0.428. The summed E-state index contributed by atoms with van der Waals surface area (Å²) in [5, 5.41) is 21.2. The van der Waals surface area contributed by atoms with Gasteiger partial charge in [-0.1, -0.05) is 0 Å². The third kappa shape index (κ3) is 2.10. The Balaban J connectivity index is 1.30. The second-order valence-corrected chi connectivity index (χ2v) is 6.52. The van der Waals surface area contributed by atoms with Crippen LogP contribution < -0.4 is 9.80 Å². The van der Waals surface area contributed by atoms with Crippen LogP contribution in [-0.2, 0) is 12.8 Å². The van der Waals surface area contributed by atoms with Gasteiger partial charge in [-0.15, -0.1) is 20.4 Å². The molecule has 0 spiro atoms. The van der Waals surface area contributed by atoms with Gasteiger partial charge in [-0.05, 0) is 43.0 Å². The molecule has 3 aromatic heterocycles. The standard InChI is InChI=1S/C16H18N8/c1-22(16-7-11-3-2-4-13(11)18-20-16)12-8-23(9-12)15-6-5-14-19-17-10-24(14)21-15/h5-7,10,12H,2-4,8-9H2,1H3. The number of fused-ring (bicyclic) bond motifs is 2. The number of aryl methyl sites for hydroxylation is 2. The van der Waals surface area contributed by atoms with E-state index in [-0.39, 0.29) is 0 Å². The first kappa shape index (κ1) is 13.6. The van der Waals surface area contributed by atoms with Gasteiger partial charge in [-0.2, -0.15) is 9.61 Å². The maximum absolute atomic E-state index is 4.54. The lowest BCUT2D eigenvalue weighted by Gasteiger charge is -2.44. The molecule has 0 atom stereocenters. The van der Waals surface area contributed by atoms with Crippen LogP contribution in [-0.4, -0.2) is 56.2 Å². The van der Waals surface area contributed by atoms with Crippen molar-refractivity contribution in [2.45, 2.75) is 25.3 Å². The third-order valence-corrected chi connectivity index (χ3v) is 5.05. The van der Waals surface area contributed by atoms with Gasteiger partial charge in [0, 0.05) is 20.1 Å². The number of anilines is 2. The molecule has 1 aliphatic carbocycles. The number of nitrogens with zero attached hydrogens (tertiary/aromatic N) is 8. The molecule has 0 bridgehead atoms. The monoisotopic (exact) mass is 322 g/mol. The van der Waals surface area contributed by atoms with E-state index in [1.807, 2.05) is 12.1 Å². The number of aromatic nitrogens is 6. The molecule has 0 aromatic carbocycles. The van der Waals surface area contributed by atoms with Crippen molar-refractivity contribution in [1.29, 1.82) is 0 Å². The SMILES string of the molecule is CN(c1cc2c(nn1)CCC2)C1CN(c2ccc3nncn3n2)C1. The second kappa shape index (κ2) is 5.12. The summed E-state index contributed by atoms with van der Waals surface area (Å²) in [4.78, 5) is 4.49. The van der Waals surface area contributed by atoms with Gasteiger partial charge in [0.25, 0.3) is 0 Å². The number of rotatable bonds is 3. The fraction of sp³-hybridized carbons (Fsp3) is 0.438. The molecule has 8 nitrogen and oxygen atoms in total. The molecule has 3 aromatic rings. The summed E-state index contributed by atoms with van der Waals surface area (Å²) in [5.41, 5.74) is 3.30. The minimum Gasteiger partial charge on any atom is -0.352 e. The highest BCUT2D eigenvalue weighted by Crippen LogP contribution is 2.27. The van der Waals surface area contributed by atoms with Crippen LogP contribution in [0.4, 0.5) is 11.6 Å². The van der Waals surface area contributed by atoms with E-state index in [1.54, 1.807) is 10.8 Å². The Kier molecular flexibility index (Phi) is 2.91. The van der Waals surface area contributed by atoms with E-state index in [0.717, 1.165) is 43.2 Å². The van der Waals surface area contributed by atoms with Crippen LogP contribution in [0.25, 0.3) is 5.65 Å². The lowest BCUT2D eigenvalue weighted by atomic mass is 10.1. The van der Waals surface area contributed by atoms with E-state index in [2.05, 4.69) is 48.4 Å². The molecule has 24 heavy (non-hydrogen) atoms. The quantitative estimate of drug-likeness (QED) is 0.703. The Morgan fingerprint density at radius 1 is 1.12 bits per heavy atom. The van der Waals surface area contributed by atoms with Gasteiger partial charge < -0.3 is 9.80 Å². The molecule has 0 saturated carbocycles. The molecule has 0 radical (unpaired) electrons. The normalized spacial score (nSPS) is 17.1. The summed E-state index contributed by atoms with van der Waals surface area (Å²) < 4.78 is 1.71. The van der Waals surface area contributed by atoms with Crippen molar-refractivity contribution in [3.63, 3.8) is 0 Å². The van der Waals surface area contributed by atoms with Crippen LogP contribution >= 0.6 is 0 Å². The predicted molar refractivity (Wildman–Crippen MR) is 89.2 cm³/mol. The molecular formula is C16H18N8. The van der Waals surface area contributed by atoms with Gasteiger partial charge in [0.1, 0.15) is 12.1 Å². The average Bonchev–Trinajstić information content (AvgIpc) is 3.21. The Hall–Kier alpha value is -2.77. The van der Waals surface area contributed by atoms with Crippen molar-refractivity contribution < 1.29 is 0 Å². The first-order chi connectivity index (χ1) is 11.8. The van der Waals surface area contributed by atoms with Crippen molar-refractivity contribution in [3.8, 4) is 0 Å². The van der Waals surface area contributed by atoms with Crippen LogP contribution in [0.2, 0.25) is 0 Å². The lowest BCUT2D eigenvalue weighted by Crippen LogP contribution is -2.59. The molecule has 0 amide bonds. The van der Waals surface area contributed by atoms with Crippen LogP contribution in [0, 0.1) is 0 Å². The fourth-order valence-corrected chi connectivity index (χ4v) is 3.45. The first-order valence-corrected chi connectivity index (χ1v) is 8.28. The lowest BCUT2D eigenvalue weighted by molar-refractivity contribution is 0.485. The van der Waals surface area contributed by atoms with E-state index >= 15 is 0 Å². The summed E-state index contributed by atoms with van der Waals surface area (Å²) >= 11 is 0. The van der Waals surface area contributed by atoms with Gasteiger partial charge >= 0.3 is 0 Å². The van der Waals surface area contributed by atoms with Gasteiger partial charge in [0.15, 0.2) is 11.5 Å². The molecule has 1 saturated heterocycles. The fourth-order valence-electron chi connectivity index (χ4n) is 3.45. The highest BCUT2D eigenvalue weighted by atomic mass is 15.4. The van der Waals surface area contributed by atoms with E-state index in [9.17, 15) is 0 Å². The van der Waals surface area contributed by atoms with Gasteiger partial charge in [0.2, 0.25) is 0 Å². The zero-order valence-corrected chi connectivity index (χ0v) is 13.5. The van der Waals surface area contributed by atoms with Crippen LogP contribution in [0.1, 0.15) is 17.7 Å². The summed E-state index contributed by atoms with van der Waals surface area (Å²) in [7, 11) is 2.10. The van der Waals surface area contributed by atoms with E-state index in [0.29, 0.717) is 6.04 Å². The average molecular weight is 322 g/mol. The minimum absolute atomic E-state index is 0.428. The van der Waals surface area contributed by atoms with Gasteiger partial charge in [-0.3, -0.25) is 0 Å². The van der Waals surface area contributed by atoms with Crippen molar-refractivity contribution in [1.82, 2.24) is 30.0 Å². The zero-order valence-electron chi connectivity index (χ0n) is 13.5. The number of likely N-dealkylation sites (N-methyl/N-ethyl adjacent to an activating group) is 1. The molecule has 1 fully saturated rings. The zero-order chi connectivity index (χ0) is 16.1. The molecular weight excluding hydrogens is 304 g/mol. The molecule has 122 valence electrons. The van der Waals surface area contributed by atoms with Gasteiger partial charge in [0.05, 0.1) is 11.7 Å². The molecule has 5 rings (SSSR count). The van der Waals surface area contributed by atoms with E-state index in [1.165, 1.54) is 17.7 Å². The number of hydrogen-bond donors (Lipinski definition) is 0. The summed E-state index contributed by atoms with van der Waals surface area (Å²) in [6, 6.07) is 6.57. The van der Waals surface area contributed by atoms with Crippen LogP contribution in [0.3, 0.4) is 0 Å². The Labute approximate surface area is 139 Å². The smallest absolute Gasteiger partial charge is 0.177 e. The largest absolute Gasteiger partial charge is 0.352 e. The second-order valence-electron chi connectivity index (χ2n) is 6.52. The summed E-state index contributed by atoms with van der Waals surface area (Å²) in [6.45, 7) is 1.85. The summed E-state index contributed by atoms with van der Waals surface area (Å²) in [6.07, 6.45) is 5.03. The Bertz CT molecular complexity index is 898. The Morgan fingerprint density at radius 3 is 2.96 bits per heavy atom. The molecule has 8 heteroatoms. The number of hydrogen-bond acceptors (Lipinski definition) is 7. The molecule has 0 N–H and O–H groups in total. The molecule has 4 heterocycles. The highest BCUT2D eigenvalue weighted by Gasteiger charge is 2.32. The molecule has 2 aliphatic rings. The maximum Gasteiger partial charge on any atom is 0.177 e. The predicted octanol–water partition coefficient (Wildman–Crippen LogP) is 0.728. The van der Waals surface area contributed by atoms with Crippen LogP contribution in [0.15, 0.2) is 24.5 Å². The van der Waals surface area contributed by atoms with Crippen LogP contribution in [0.5, 0.6) is 0 Å². The maximum atomic E-state index is 4.54. The highest BCUT2D eigenvalue weighted by molar-refractivity contribution is 5.51. The first-order valence-electron chi connectivity index (χ1n) is 8.28. The Morgan fingerprint density at radius 2 is 2.04 bits per heavy atom. The molecule has 0 unspecified atom stereocenters. The topological polar surface area (TPSA) is 75.3 Å². The molecule has 1 aliphatic heterocycles. The van der Waals surface area contributed by atoms with E-state index < -0.39 is 0 Å². The van der Waals surface area contributed by atoms with Crippen molar-refractivity contribution in [2.75, 3.05) is 29.9 Å². The van der Waals surface area contributed by atoms with Crippen molar-refractivity contribution in [2.24, 2.45) is 0 Å². The van der Waals surface area contributed by atoms with Crippen molar-refractivity contribution in [3.05, 3.63) is 35.8 Å². The third-order valence-electron chi connectivity index (χ3n) is 5.05.